The van der Waals surface area contributed by atoms with Gasteiger partial charge in [0, 0.05) is 38.4 Å². The summed E-state index contributed by atoms with van der Waals surface area (Å²) in [6.45, 7) is 8.36. The molecule has 5 heteroatoms. The molecule has 1 aromatic rings. The molecule has 1 heterocycles. The van der Waals surface area contributed by atoms with E-state index in [4.69, 9.17) is 0 Å². The van der Waals surface area contributed by atoms with Gasteiger partial charge in [-0.15, -0.1) is 0 Å². The maximum Gasteiger partial charge on any atom is 0.250 e. The Balaban J connectivity index is 2.17. The van der Waals surface area contributed by atoms with Crippen molar-refractivity contribution < 1.29 is 0 Å². The Morgan fingerprint density at radius 3 is 2.62 bits per heavy atom. The predicted molar refractivity (Wildman–Crippen MR) is 103 cm³/mol. The highest BCUT2D eigenvalue weighted by Gasteiger charge is 2.05. The van der Waals surface area contributed by atoms with Gasteiger partial charge in [-0.05, 0) is 38.2 Å². The number of aromatic nitrogens is 1. The lowest BCUT2D eigenvalue weighted by Crippen LogP contribution is -2.42. The second-order valence-electron chi connectivity index (χ2n) is 6.81. The Labute approximate surface area is 146 Å². The molecule has 1 unspecified atom stereocenters. The van der Waals surface area contributed by atoms with Gasteiger partial charge in [-0.2, -0.15) is 0 Å². The Morgan fingerprint density at radius 2 is 1.96 bits per heavy atom. The topological polar surface area (TPSA) is 58.4 Å². The minimum atomic E-state index is 0.0677. The van der Waals surface area contributed by atoms with Crippen LogP contribution >= 0.6 is 0 Å². The Hall–Kier alpha value is -1.78. The van der Waals surface area contributed by atoms with E-state index in [2.05, 4.69) is 36.4 Å². The van der Waals surface area contributed by atoms with Crippen LogP contribution in [0.4, 0.5) is 0 Å². The molecule has 0 aromatic carbocycles. The number of nitrogens with one attached hydrogen (secondary N) is 2. The molecule has 2 N–H and O–H groups in total. The van der Waals surface area contributed by atoms with E-state index in [9.17, 15) is 4.79 Å². The number of rotatable bonds is 10. The number of aliphatic imine (C=N–C) groups is 1. The first kappa shape index (κ1) is 20.3. The van der Waals surface area contributed by atoms with Crippen molar-refractivity contribution in [2.24, 2.45) is 10.9 Å². The quantitative estimate of drug-likeness (QED) is 0.393. The Kier molecular flexibility index (Phi) is 9.89. The van der Waals surface area contributed by atoms with E-state index in [1.54, 1.807) is 23.7 Å². The van der Waals surface area contributed by atoms with Gasteiger partial charge in [0.15, 0.2) is 5.96 Å². The van der Waals surface area contributed by atoms with Gasteiger partial charge < -0.3 is 15.2 Å². The van der Waals surface area contributed by atoms with Crippen LogP contribution in [0.2, 0.25) is 0 Å². The van der Waals surface area contributed by atoms with Crippen molar-refractivity contribution in [2.45, 2.75) is 65.5 Å². The van der Waals surface area contributed by atoms with Gasteiger partial charge in [-0.1, -0.05) is 32.8 Å². The zero-order valence-corrected chi connectivity index (χ0v) is 15.7. The first-order valence-corrected chi connectivity index (χ1v) is 9.15. The number of nitrogens with zero attached hydrogens (tertiary/aromatic N) is 2. The standard InChI is InChI=1S/C19H34N4O/c1-16(2)10-9-11-17(3)22-19(20-4)21-13-6-8-15-23-14-7-5-12-18(23)24/h5,7,12,14,16-17H,6,8-11,13,15H2,1-4H3,(H2,20,21,22). The highest BCUT2D eigenvalue weighted by atomic mass is 16.1. The summed E-state index contributed by atoms with van der Waals surface area (Å²) in [5.41, 5.74) is 0.0677. The molecule has 1 rings (SSSR count). The molecule has 24 heavy (non-hydrogen) atoms. The molecular weight excluding hydrogens is 300 g/mol. The van der Waals surface area contributed by atoms with Crippen LogP contribution in [0.15, 0.2) is 34.2 Å². The Bertz CT molecular complexity index is 536. The third-order valence-electron chi connectivity index (χ3n) is 4.04. The number of guanidine groups is 1. The average molecular weight is 335 g/mol. The molecule has 136 valence electrons. The van der Waals surface area contributed by atoms with E-state index in [0.717, 1.165) is 44.2 Å². The van der Waals surface area contributed by atoms with E-state index in [1.807, 2.05) is 12.3 Å². The highest BCUT2D eigenvalue weighted by molar-refractivity contribution is 5.79. The number of aryl methyl sites for hydroxylation is 1. The number of unbranched alkanes of at least 4 members (excludes halogenated alkanes) is 1. The smallest absolute Gasteiger partial charge is 0.250 e. The maximum absolute atomic E-state index is 11.6. The molecule has 0 bridgehead atoms. The fourth-order valence-electron chi connectivity index (χ4n) is 2.59. The zero-order chi connectivity index (χ0) is 17.8. The third kappa shape index (κ3) is 8.75. The largest absolute Gasteiger partial charge is 0.356 e. The van der Waals surface area contributed by atoms with Crippen molar-refractivity contribution in [1.29, 1.82) is 0 Å². The zero-order valence-electron chi connectivity index (χ0n) is 15.7. The summed E-state index contributed by atoms with van der Waals surface area (Å²) in [7, 11) is 1.81. The maximum atomic E-state index is 11.6. The van der Waals surface area contributed by atoms with Gasteiger partial charge in [-0.3, -0.25) is 9.79 Å². The van der Waals surface area contributed by atoms with Crippen molar-refractivity contribution in [1.82, 2.24) is 15.2 Å². The lowest BCUT2D eigenvalue weighted by atomic mass is 10.0. The normalized spacial score (nSPS) is 13.1. The van der Waals surface area contributed by atoms with Crippen molar-refractivity contribution in [3.8, 4) is 0 Å². The molecule has 0 fully saturated rings. The summed E-state index contributed by atoms with van der Waals surface area (Å²) in [6.07, 6.45) is 7.50. The molecule has 0 aliphatic rings. The third-order valence-corrected chi connectivity index (χ3v) is 4.04. The highest BCUT2D eigenvalue weighted by Crippen LogP contribution is 2.08. The van der Waals surface area contributed by atoms with Crippen molar-refractivity contribution in [2.75, 3.05) is 13.6 Å². The Morgan fingerprint density at radius 1 is 1.17 bits per heavy atom. The monoisotopic (exact) mass is 334 g/mol. The summed E-state index contributed by atoms with van der Waals surface area (Å²) < 4.78 is 1.75. The summed E-state index contributed by atoms with van der Waals surface area (Å²) in [5.74, 6) is 1.63. The fraction of sp³-hybridized carbons (Fsp3) is 0.684. The van der Waals surface area contributed by atoms with Crippen LogP contribution in [0.5, 0.6) is 0 Å². The van der Waals surface area contributed by atoms with Crippen LogP contribution in [-0.4, -0.2) is 30.2 Å². The molecule has 1 aromatic heterocycles. The van der Waals surface area contributed by atoms with Crippen LogP contribution in [0, 0.1) is 5.92 Å². The molecule has 0 saturated carbocycles. The van der Waals surface area contributed by atoms with Crippen LogP contribution < -0.4 is 16.2 Å². The summed E-state index contributed by atoms with van der Waals surface area (Å²) >= 11 is 0. The average Bonchev–Trinajstić information content (AvgIpc) is 2.54. The van der Waals surface area contributed by atoms with Crippen molar-refractivity contribution in [3.63, 3.8) is 0 Å². The molecule has 5 nitrogen and oxygen atoms in total. The number of pyridine rings is 1. The molecule has 0 radical (unpaired) electrons. The SMILES string of the molecule is CN=C(NCCCCn1ccccc1=O)NC(C)CCCC(C)C. The molecular formula is C19H34N4O. The lowest BCUT2D eigenvalue weighted by molar-refractivity contribution is 0.490. The first-order chi connectivity index (χ1) is 11.5. The van der Waals surface area contributed by atoms with Crippen LogP contribution in [0.25, 0.3) is 0 Å². The molecule has 0 saturated heterocycles. The molecule has 0 aliphatic carbocycles. The van der Waals surface area contributed by atoms with E-state index in [0.29, 0.717) is 6.04 Å². The van der Waals surface area contributed by atoms with Crippen LogP contribution in [0.3, 0.4) is 0 Å². The summed E-state index contributed by atoms with van der Waals surface area (Å²) in [6, 6.07) is 5.70. The first-order valence-electron chi connectivity index (χ1n) is 9.15. The van der Waals surface area contributed by atoms with Crippen LogP contribution in [-0.2, 0) is 6.54 Å². The fourth-order valence-corrected chi connectivity index (χ4v) is 2.59. The van der Waals surface area contributed by atoms with Gasteiger partial charge in [-0.25, -0.2) is 0 Å². The van der Waals surface area contributed by atoms with Crippen LogP contribution in [0.1, 0.15) is 52.9 Å². The predicted octanol–water partition coefficient (Wildman–Crippen LogP) is 3.01. The minimum Gasteiger partial charge on any atom is -0.356 e. The number of hydrogen-bond donors (Lipinski definition) is 2. The van der Waals surface area contributed by atoms with Crippen molar-refractivity contribution in [3.05, 3.63) is 34.7 Å². The molecule has 0 spiro atoms. The van der Waals surface area contributed by atoms with Gasteiger partial charge >= 0.3 is 0 Å². The molecule has 0 aliphatic heterocycles. The van der Waals surface area contributed by atoms with Gasteiger partial charge in [0.2, 0.25) is 5.56 Å². The van der Waals surface area contributed by atoms with E-state index in [-0.39, 0.29) is 5.56 Å². The second kappa shape index (κ2) is 11.7. The summed E-state index contributed by atoms with van der Waals surface area (Å²) in [5, 5.41) is 6.79. The van der Waals surface area contributed by atoms with E-state index in [1.165, 1.54) is 12.8 Å². The van der Waals surface area contributed by atoms with Gasteiger partial charge in [0.25, 0.3) is 0 Å². The molecule has 0 amide bonds. The van der Waals surface area contributed by atoms with E-state index < -0.39 is 0 Å². The molecule has 1 atom stereocenters. The van der Waals surface area contributed by atoms with Crippen molar-refractivity contribution >= 4 is 5.96 Å². The van der Waals surface area contributed by atoms with Gasteiger partial charge in [0.1, 0.15) is 0 Å². The number of hydrogen-bond acceptors (Lipinski definition) is 2. The lowest BCUT2D eigenvalue weighted by Gasteiger charge is -2.18. The minimum absolute atomic E-state index is 0.0677. The second-order valence-corrected chi connectivity index (χ2v) is 6.81. The van der Waals surface area contributed by atoms with Gasteiger partial charge in [0.05, 0.1) is 0 Å². The van der Waals surface area contributed by atoms with E-state index >= 15 is 0 Å². The summed E-state index contributed by atoms with van der Waals surface area (Å²) in [4.78, 5) is 15.9.